The lowest BCUT2D eigenvalue weighted by Gasteiger charge is -2.20. The van der Waals surface area contributed by atoms with Crippen molar-refractivity contribution in [2.45, 2.75) is 26.3 Å². The fraction of sp³-hybridized carbons (Fsp3) is 0.250. The van der Waals surface area contributed by atoms with Crippen LogP contribution < -0.4 is 0 Å². The van der Waals surface area contributed by atoms with E-state index in [0.29, 0.717) is 5.56 Å². The van der Waals surface area contributed by atoms with Gasteiger partial charge in [0.05, 0.1) is 0 Å². The molecule has 2 aromatic rings. The van der Waals surface area contributed by atoms with Gasteiger partial charge in [-0.05, 0) is 12.5 Å². The molecule has 1 N–H and O–H groups in total. The lowest BCUT2D eigenvalue weighted by molar-refractivity contribution is -0.144. The van der Waals surface area contributed by atoms with Crippen LogP contribution in [0.3, 0.4) is 0 Å². The van der Waals surface area contributed by atoms with Crippen LogP contribution >= 0.6 is 0 Å². The molecule has 0 heterocycles. The van der Waals surface area contributed by atoms with Gasteiger partial charge in [-0.3, -0.25) is 14.4 Å². The largest absolute Gasteiger partial charge is 0.480 e. The number of Topliss-reactive ketones (excluding diaryl/α,β-unsaturated/α-hetero) is 1. The Bertz CT molecular complexity index is 738. The number of ketones is 1. The number of carbonyl (C=O) groups is 3. The molecule has 0 aliphatic carbocycles. The summed E-state index contributed by atoms with van der Waals surface area (Å²) in [6, 6.07) is 16.4. The normalized spacial score (nSPS) is 10.3. The van der Waals surface area contributed by atoms with Crippen LogP contribution in [0.25, 0.3) is 0 Å². The van der Waals surface area contributed by atoms with E-state index in [2.05, 4.69) is 0 Å². The Labute approximate surface area is 146 Å². The van der Waals surface area contributed by atoms with Crippen molar-refractivity contribution in [3.8, 4) is 0 Å². The summed E-state index contributed by atoms with van der Waals surface area (Å²) in [7, 11) is 0. The second kappa shape index (κ2) is 8.78. The Morgan fingerprint density at radius 1 is 0.920 bits per heavy atom. The van der Waals surface area contributed by atoms with Gasteiger partial charge in [-0.25, -0.2) is 0 Å². The van der Waals surface area contributed by atoms with Gasteiger partial charge in [0.2, 0.25) is 5.91 Å². The summed E-state index contributed by atoms with van der Waals surface area (Å²) in [6.07, 6.45) is 0.0552. The van der Waals surface area contributed by atoms with Crippen molar-refractivity contribution in [1.29, 1.82) is 0 Å². The van der Waals surface area contributed by atoms with Gasteiger partial charge < -0.3 is 10.0 Å². The number of rotatable bonds is 8. The summed E-state index contributed by atoms with van der Waals surface area (Å²) < 4.78 is 0. The molecule has 0 fully saturated rings. The van der Waals surface area contributed by atoms with Crippen LogP contribution in [0.5, 0.6) is 0 Å². The minimum absolute atomic E-state index is 0.00712. The first kappa shape index (κ1) is 18.4. The van der Waals surface area contributed by atoms with Gasteiger partial charge in [0.1, 0.15) is 6.54 Å². The molecule has 0 unspecified atom stereocenters. The minimum atomic E-state index is -1.07. The van der Waals surface area contributed by atoms with E-state index in [4.69, 9.17) is 5.11 Å². The van der Waals surface area contributed by atoms with Crippen LogP contribution in [0.1, 0.15) is 34.3 Å². The summed E-state index contributed by atoms with van der Waals surface area (Å²) in [6.45, 7) is 1.77. The third-order valence-electron chi connectivity index (χ3n) is 3.83. The SMILES string of the molecule is Cc1ccc(C(=O)CCC(=O)N(CC(=O)O)Cc2ccccc2)cc1. The first-order chi connectivity index (χ1) is 12.0. The molecule has 2 aromatic carbocycles. The van der Waals surface area contributed by atoms with E-state index in [0.717, 1.165) is 11.1 Å². The van der Waals surface area contributed by atoms with Crippen molar-refractivity contribution >= 4 is 17.7 Å². The minimum Gasteiger partial charge on any atom is -0.480 e. The molecule has 0 aliphatic rings. The summed E-state index contributed by atoms with van der Waals surface area (Å²) in [5, 5.41) is 9.03. The molecule has 25 heavy (non-hydrogen) atoms. The zero-order chi connectivity index (χ0) is 18.2. The van der Waals surface area contributed by atoms with E-state index in [9.17, 15) is 14.4 Å². The smallest absolute Gasteiger partial charge is 0.323 e. The molecule has 2 rings (SSSR count). The number of aryl methyl sites for hydroxylation is 1. The van der Waals surface area contributed by atoms with Crippen molar-refractivity contribution in [2.75, 3.05) is 6.54 Å². The number of hydrogen-bond donors (Lipinski definition) is 1. The first-order valence-corrected chi connectivity index (χ1v) is 8.09. The highest BCUT2D eigenvalue weighted by atomic mass is 16.4. The van der Waals surface area contributed by atoms with Gasteiger partial charge in [-0.1, -0.05) is 60.2 Å². The van der Waals surface area contributed by atoms with E-state index in [-0.39, 0.29) is 37.6 Å². The lowest BCUT2D eigenvalue weighted by atomic mass is 10.0. The van der Waals surface area contributed by atoms with Crippen molar-refractivity contribution in [2.24, 2.45) is 0 Å². The van der Waals surface area contributed by atoms with Gasteiger partial charge >= 0.3 is 5.97 Å². The van der Waals surface area contributed by atoms with Gasteiger partial charge in [-0.15, -0.1) is 0 Å². The van der Waals surface area contributed by atoms with Gasteiger partial charge in [0.15, 0.2) is 5.78 Å². The second-order valence-electron chi connectivity index (χ2n) is 5.92. The van der Waals surface area contributed by atoms with Gasteiger partial charge in [-0.2, -0.15) is 0 Å². The number of benzene rings is 2. The summed E-state index contributed by atoms with van der Waals surface area (Å²) in [5.74, 6) is -1.54. The predicted octanol–water partition coefficient (Wildman–Crippen LogP) is 3.07. The van der Waals surface area contributed by atoms with Gasteiger partial charge in [0, 0.05) is 24.9 Å². The number of aliphatic carboxylic acids is 1. The Morgan fingerprint density at radius 3 is 2.16 bits per heavy atom. The highest BCUT2D eigenvalue weighted by Gasteiger charge is 2.18. The van der Waals surface area contributed by atoms with E-state index in [1.807, 2.05) is 49.4 Å². The molecule has 0 aromatic heterocycles. The quantitative estimate of drug-likeness (QED) is 0.750. The van der Waals surface area contributed by atoms with Crippen LogP contribution in [0.2, 0.25) is 0 Å². The molecule has 130 valence electrons. The van der Waals surface area contributed by atoms with Crippen LogP contribution in [0, 0.1) is 6.92 Å². The van der Waals surface area contributed by atoms with E-state index in [1.165, 1.54) is 4.90 Å². The molecule has 0 aliphatic heterocycles. The highest BCUT2D eigenvalue weighted by molar-refractivity contribution is 5.98. The third kappa shape index (κ3) is 5.88. The predicted molar refractivity (Wildman–Crippen MR) is 94.2 cm³/mol. The number of nitrogens with zero attached hydrogens (tertiary/aromatic N) is 1. The average molecular weight is 339 g/mol. The second-order valence-corrected chi connectivity index (χ2v) is 5.92. The molecule has 0 bridgehead atoms. The summed E-state index contributed by atoms with van der Waals surface area (Å²) >= 11 is 0. The number of carboxylic acid groups (broad SMARTS) is 1. The molecule has 5 heteroatoms. The average Bonchev–Trinajstić information content (AvgIpc) is 2.60. The number of carbonyl (C=O) groups excluding carboxylic acids is 2. The van der Waals surface area contributed by atoms with Crippen molar-refractivity contribution in [1.82, 2.24) is 4.90 Å². The van der Waals surface area contributed by atoms with Crippen molar-refractivity contribution in [3.05, 3.63) is 71.3 Å². The molecule has 0 spiro atoms. The highest BCUT2D eigenvalue weighted by Crippen LogP contribution is 2.11. The molecular weight excluding hydrogens is 318 g/mol. The monoisotopic (exact) mass is 339 g/mol. The Morgan fingerprint density at radius 2 is 1.56 bits per heavy atom. The maximum Gasteiger partial charge on any atom is 0.323 e. The Balaban J connectivity index is 1.97. The Kier molecular flexibility index (Phi) is 6.46. The topological polar surface area (TPSA) is 74.7 Å². The Hall–Kier alpha value is -2.95. The molecule has 0 saturated carbocycles. The van der Waals surface area contributed by atoms with Crippen LogP contribution in [-0.2, 0) is 16.1 Å². The zero-order valence-corrected chi connectivity index (χ0v) is 14.1. The fourth-order valence-electron chi connectivity index (χ4n) is 2.46. The van der Waals surface area contributed by atoms with E-state index >= 15 is 0 Å². The van der Waals surface area contributed by atoms with Crippen molar-refractivity contribution < 1.29 is 19.5 Å². The molecule has 0 radical (unpaired) electrons. The molecular formula is C20H21NO4. The summed E-state index contributed by atoms with van der Waals surface area (Å²) in [4.78, 5) is 36.9. The maximum atomic E-state index is 12.4. The first-order valence-electron chi connectivity index (χ1n) is 8.09. The van der Waals surface area contributed by atoms with Crippen LogP contribution in [0.4, 0.5) is 0 Å². The summed E-state index contributed by atoms with van der Waals surface area (Å²) in [5.41, 5.74) is 2.47. The third-order valence-corrected chi connectivity index (χ3v) is 3.83. The van der Waals surface area contributed by atoms with Crippen LogP contribution in [-0.4, -0.2) is 34.2 Å². The van der Waals surface area contributed by atoms with Crippen molar-refractivity contribution in [3.63, 3.8) is 0 Å². The molecule has 5 nitrogen and oxygen atoms in total. The molecule has 0 atom stereocenters. The number of amides is 1. The van der Waals surface area contributed by atoms with Crippen LogP contribution in [0.15, 0.2) is 54.6 Å². The number of carboxylic acids is 1. The molecule has 0 saturated heterocycles. The van der Waals surface area contributed by atoms with Gasteiger partial charge in [0.25, 0.3) is 0 Å². The zero-order valence-electron chi connectivity index (χ0n) is 14.1. The lowest BCUT2D eigenvalue weighted by Crippen LogP contribution is -2.35. The van der Waals surface area contributed by atoms with E-state index in [1.54, 1.807) is 12.1 Å². The maximum absolute atomic E-state index is 12.4. The molecule has 1 amide bonds. The number of hydrogen-bond acceptors (Lipinski definition) is 3. The standard InChI is InChI=1S/C20H21NO4/c1-15-7-9-17(10-8-15)18(22)11-12-19(23)21(14-20(24)25)13-16-5-3-2-4-6-16/h2-10H,11-14H2,1H3,(H,24,25). The fourth-order valence-corrected chi connectivity index (χ4v) is 2.46. The van der Waals surface area contributed by atoms with E-state index < -0.39 is 5.97 Å².